The number of aliphatic imine (C=N–C) groups is 1. The number of rotatable bonds is 6. The molecule has 1 aliphatic heterocycles. The van der Waals surface area contributed by atoms with Crippen LogP contribution >= 0.6 is 11.3 Å². The summed E-state index contributed by atoms with van der Waals surface area (Å²) in [6.45, 7) is 12.0. The number of hydrogen-bond acceptors (Lipinski definition) is 5. The van der Waals surface area contributed by atoms with Crippen molar-refractivity contribution in [2.24, 2.45) is 4.99 Å². The number of thiophene rings is 1. The van der Waals surface area contributed by atoms with E-state index in [1.165, 1.54) is 10.6 Å². The number of guanidine groups is 1. The van der Waals surface area contributed by atoms with Gasteiger partial charge in [0.05, 0.1) is 10.7 Å². The molecule has 1 unspecified atom stereocenters. The second kappa shape index (κ2) is 9.26. The van der Waals surface area contributed by atoms with Crippen LogP contribution in [0.2, 0.25) is 0 Å². The molecule has 27 heavy (non-hydrogen) atoms. The van der Waals surface area contributed by atoms with Crippen molar-refractivity contribution in [3.63, 3.8) is 0 Å². The van der Waals surface area contributed by atoms with Gasteiger partial charge in [0, 0.05) is 43.7 Å². The van der Waals surface area contributed by atoms with Crippen molar-refractivity contribution in [1.29, 1.82) is 0 Å². The number of nitrogens with one attached hydrogen (secondary N) is 2. The Kier molecular flexibility index (Phi) is 6.77. The third-order valence-electron chi connectivity index (χ3n) is 5.10. The maximum atomic E-state index is 5.30. The Morgan fingerprint density at radius 1 is 1.41 bits per heavy atom. The molecule has 1 aliphatic rings. The van der Waals surface area contributed by atoms with Crippen LogP contribution < -0.4 is 15.5 Å². The monoisotopic (exact) mass is 389 g/mol. The van der Waals surface area contributed by atoms with Gasteiger partial charge in [0.25, 0.3) is 0 Å². The highest BCUT2D eigenvalue weighted by Crippen LogP contribution is 2.25. The molecule has 148 valence electrons. The van der Waals surface area contributed by atoms with Gasteiger partial charge < -0.3 is 20.1 Å². The molecule has 0 aromatic carbocycles. The van der Waals surface area contributed by atoms with Gasteiger partial charge in [-0.3, -0.25) is 4.99 Å². The van der Waals surface area contributed by atoms with Crippen molar-refractivity contribution in [3.05, 3.63) is 34.5 Å². The van der Waals surface area contributed by atoms with E-state index in [4.69, 9.17) is 9.52 Å². The predicted octanol–water partition coefficient (Wildman–Crippen LogP) is 3.68. The molecular formula is C20H31N5OS. The van der Waals surface area contributed by atoms with E-state index in [0.29, 0.717) is 12.6 Å². The van der Waals surface area contributed by atoms with Gasteiger partial charge in [-0.25, -0.2) is 0 Å². The Hall–Kier alpha value is -2.02. The van der Waals surface area contributed by atoms with Crippen molar-refractivity contribution in [2.75, 3.05) is 31.1 Å². The fourth-order valence-corrected chi connectivity index (χ4v) is 4.51. The van der Waals surface area contributed by atoms with Gasteiger partial charge in [-0.2, -0.15) is 0 Å². The summed E-state index contributed by atoms with van der Waals surface area (Å²) in [6, 6.07) is 4.80. The number of piperidine rings is 1. The summed E-state index contributed by atoms with van der Waals surface area (Å²) in [7, 11) is 0. The fraction of sp³-hybridized carbons (Fsp3) is 0.600. The third-order valence-corrected chi connectivity index (χ3v) is 6.03. The van der Waals surface area contributed by atoms with Gasteiger partial charge in [0.2, 0.25) is 0 Å². The summed E-state index contributed by atoms with van der Waals surface area (Å²) in [5.74, 6) is 2.09. The summed E-state index contributed by atoms with van der Waals surface area (Å²) in [4.78, 5) is 7.31. The van der Waals surface area contributed by atoms with Crippen molar-refractivity contribution in [2.45, 2.75) is 52.5 Å². The Labute approximate surface area is 166 Å². The normalized spacial score (nSPS) is 17.2. The van der Waals surface area contributed by atoms with Gasteiger partial charge in [-0.15, -0.1) is 11.3 Å². The van der Waals surface area contributed by atoms with E-state index in [-0.39, 0.29) is 5.92 Å². The molecule has 2 aromatic rings. The predicted molar refractivity (Wildman–Crippen MR) is 113 cm³/mol. The van der Waals surface area contributed by atoms with Crippen molar-refractivity contribution < 1.29 is 4.52 Å². The van der Waals surface area contributed by atoms with Crippen LogP contribution in [-0.4, -0.2) is 43.3 Å². The smallest absolute Gasteiger partial charge is 0.191 e. The lowest BCUT2D eigenvalue weighted by Gasteiger charge is -2.33. The Morgan fingerprint density at radius 3 is 2.78 bits per heavy atom. The van der Waals surface area contributed by atoms with Crippen LogP contribution in [0, 0.1) is 13.8 Å². The zero-order valence-electron chi connectivity index (χ0n) is 16.8. The first kappa shape index (κ1) is 19.7. The lowest BCUT2D eigenvalue weighted by molar-refractivity contribution is 0.391. The molecule has 0 bridgehead atoms. The summed E-state index contributed by atoms with van der Waals surface area (Å²) in [6.07, 6.45) is 2.25. The van der Waals surface area contributed by atoms with Crippen LogP contribution in [-0.2, 0) is 0 Å². The minimum absolute atomic E-state index is 0.285. The maximum absolute atomic E-state index is 5.30. The first-order valence-corrected chi connectivity index (χ1v) is 10.7. The molecule has 1 fully saturated rings. The van der Waals surface area contributed by atoms with Crippen LogP contribution in [0.5, 0.6) is 0 Å². The van der Waals surface area contributed by atoms with E-state index >= 15 is 0 Å². The summed E-state index contributed by atoms with van der Waals surface area (Å²) >= 11 is 1.82. The molecule has 2 aromatic heterocycles. The Bertz CT molecular complexity index is 712. The molecule has 0 saturated carbocycles. The highest BCUT2D eigenvalue weighted by atomic mass is 32.1. The molecule has 2 N–H and O–H groups in total. The second-order valence-electron chi connectivity index (χ2n) is 7.22. The number of aromatic nitrogens is 1. The van der Waals surface area contributed by atoms with Crippen LogP contribution in [0.3, 0.4) is 0 Å². The van der Waals surface area contributed by atoms with Crippen LogP contribution in [0.1, 0.15) is 49.6 Å². The summed E-state index contributed by atoms with van der Waals surface area (Å²) in [5, 5.41) is 14.6. The Balaban J connectivity index is 1.55. The standard InChI is InChI=1S/C20H31N5OS/c1-5-21-20(22-13-14(2)19-15(3)24-26-16(19)4)23-17-8-10-25(11-9-17)18-7-6-12-27-18/h6-7,12,14,17H,5,8-11,13H2,1-4H3,(H2,21,22,23). The van der Waals surface area contributed by atoms with E-state index in [1.54, 1.807) is 0 Å². The minimum Gasteiger partial charge on any atom is -0.363 e. The largest absolute Gasteiger partial charge is 0.363 e. The number of hydrogen-bond donors (Lipinski definition) is 2. The van der Waals surface area contributed by atoms with Crippen LogP contribution in [0.25, 0.3) is 0 Å². The molecule has 1 saturated heterocycles. The molecule has 1 atom stereocenters. The van der Waals surface area contributed by atoms with Gasteiger partial charge in [-0.05, 0) is 51.1 Å². The average molecular weight is 390 g/mol. The summed E-state index contributed by atoms with van der Waals surface area (Å²) < 4.78 is 5.30. The number of nitrogens with zero attached hydrogens (tertiary/aromatic N) is 3. The van der Waals surface area contributed by atoms with Gasteiger partial charge in [0.15, 0.2) is 5.96 Å². The first-order valence-electron chi connectivity index (χ1n) is 9.84. The summed E-state index contributed by atoms with van der Waals surface area (Å²) in [5.41, 5.74) is 2.15. The molecule has 3 heterocycles. The van der Waals surface area contributed by atoms with E-state index in [9.17, 15) is 0 Å². The number of aryl methyl sites for hydroxylation is 2. The molecule has 6 nitrogen and oxygen atoms in total. The topological polar surface area (TPSA) is 65.7 Å². The maximum Gasteiger partial charge on any atom is 0.191 e. The Morgan fingerprint density at radius 2 is 2.19 bits per heavy atom. The second-order valence-corrected chi connectivity index (χ2v) is 8.14. The molecule has 0 aliphatic carbocycles. The molecule has 0 amide bonds. The van der Waals surface area contributed by atoms with Gasteiger partial charge >= 0.3 is 0 Å². The lowest BCUT2D eigenvalue weighted by Crippen LogP contribution is -2.48. The fourth-order valence-electron chi connectivity index (χ4n) is 3.72. The van der Waals surface area contributed by atoms with Crippen LogP contribution in [0.4, 0.5) is 5.00 Å². The van der Waals surface area contributed by atoms with Crippen LogP contribution in [0.15, 0.2) is 27.0 Å². The zero-order valence-corrected chi connectivity index (χ0v) is 17.6. The molecule has 0 spiro atoms. The molecule has 3 rings (SSSR count). The van der Waals surface area contributed by atoms with Gasteiger partial charge in [0.1, 0.15) is 5.76 Å². The van der Waals surface area contributed by atoms with E-state index in [1.807, 2.05) is 25.2 Å². The SMILES string of the molecule is CCNC(=NCC(C)c1c(C)noc1C)NC1CCN(c2cccs2)CC1. The van der Waals surface area contributed by atoms with E-state index in [0.717, 1.165) is 49.9 Å². The highest BCUT2D eigenvalue weighted by molar-refractivity contribution is 7.14. The van der Waals surface area contributed by atoms with Gasteiger partial charge in [-0.1, -0.05) is 12.1 Å². The average Bonchev–Trinajstić information content (AvgIpc) is 3.30. The van der Waals surface area contributed by atoms with Crippen molar-refractivity contribution in [1.82, 2.24) is 15.8 Å². The quantitative estimate of drug-likeness (QED) is 0.583. The highest BCUT2D eigenvalue weighted by Gasteiger charge is 2.21. The minimum atomic E-state index is 0.285. The molecule has 0 radical (unpaired) electrons. The lowest BCUT2D eigenvalue weighted by atomic mass is 10.00. The van der Waals surface area contributed by atoms with E-state index in [2.05, 4.69) is 52.1 Å². The van der Waals surface area contributed by atoms with Crippen molar-refractivity contribution >= 4 is 22.3 Å². The first-order chi connectivity index (χ1) is 13.1. The number of anilines is 1. The zero-order chi connectivity index (χ0) is 19.2. The molecule has 7 heteroatoms. The van der Waals surface area contributed by atoms with E-state index < -0.39 is 0 Å². The van der Waals surface area contributed by atoms with Crippen molar-refractivity contribution in [3.8, 4) is 0 Å². The molecular weight excluding hydrogens is 358 g/mol. The third kappa shape index (κ3) is 5.03.